The van der Waals surface area contributed by atoms with Gasteiger partial charge in [-0.15, -0.1) is 0 Å². The predicted octanol–water partition coefficient (Wildman–Crippen LogP) is 0.212. The summed E-state index contributed by atoms with van der Waals surface area (Å²) in [5, 5.41) is 0. The van der Waals surface area contributed by atoms with Gasteiger partial charge in [-0.1, -0.05) is 0 Å². The molecule has 3 amide bonds. The molecule has 3 aromatic rings. The maximum absolute atomic E-state index is 14.1. The van der Waals surface area contributed by atoms with Crippen molar-refractivity contribution < 1.29 is 28.8 Å². The second-order valence-electron chi connectivity index (χ2n) is 12.9. The van der Waals surface area contributed by atoms with E-state index in [1.807, 2.05) is 0 Å². The van der Waals surface area contributed by atoms with Crippen molar-refractivity contribution in [1.82, 2.24) is 19.9 Å². The van der Waals surface area contributed by atoms with Crippen molar-refractivity contribution in [1.29, 1.82) is 0 Å². The van der Waals surface area contributed by atoms with Crippen LogP contribution in [0.15, 0.2) is 30.3 Å². The Morgan fingerprint density at radius 3 is 1.35 bits per heavy atom. The largest absolute Gasteiger partial charge is 0.370 e. The molecule has 5 rings (SSSR count). The van der Waals surface area contributed by atoms with Crippen molar-refractivity contribution in [2.24, 2.45) is 34.4 Å². The summed E-state index contributed by atoms with van der Waals surface area (Å²) in [6.07, 6.45) is 1.08. The Morgan fingerprint density at radius 1 is 0.549 bits per heavy atom. The van der Waals surface area contributed by atoms with Crippen molar-refractivity contribution in [2.75, 3.05) is 0 Å². The normalized spacial score (nSPS) is 14.4. The number of Topliss-reactive ketones (excluding diaryl/α,β-unsaturated/α-hetero) is 3. The number of carbonyl (C=O) groups is 6. The summed E-state index contributed by atoms with van der Waals surface area (Å²) < 4.78 is 0. The maximum Gasteiger partial charge on any atom is 0.217 e. The van der Waals surface area contributed by atoms with Gasteiger partial charge in [0, 0.05) is 30.5 Å². The van der Waals surface area contributed by atoms with E-state index in [1.165, 1.54) is 0 Å². The number of rotatable bonds is 15. The molecule has 0 saturated carbocycles. The van der Waals surface area contributed by atoms with E-state index in [9.17, 15) is 28.8 Å². The highest BCUT2D eigenvalue weighted by Gasteiger charge is 2.29. The Balaban J connectivity index is 1.83. The Hall–Kier alpha value is -5.58. The molecule has 51 heavy (non-hydrogen) atoms. The number of aromatic nitrogens is 4. The summed E-state index contributed by atoms with van der Waals surface area (Å²) in [5.41, 5.74) is 38.8. The number of nitrogens with two attached hydrogens (primary N) is 6. The van der Waals surface area contributed by atoms with E-state index >= 15 is 0 Å². The minimum Gasteiger partial charge on any atom is -0.370 e. The molecule has 0 radical (unpaired) electrons. The number of primary amides is 3. The lowest BCUT2D eigenvalue weighted by molar-refractivity contribution is -0.119. The van der Waals surface area contributed by atoms with E-state index in [0.29, 0.717) is 52.2 Å². The molecule has 0 fully saturated rings. The summed E-state index contributed by atoms with van der Waals surface area (Å²) >= 11 is 0. The standard InChI is InChI=1S/C35H42N10O6/c36-18(3-12-27(39)46)33(49)30-21-6-1-16(42-21)15-17-2-7-22(43-17)31(34(50)19(37)4-13-28(40)47)24-9-11-26(45-24)32(25-10-8-23(30)44-25)35(51)20(38)5-14-29(41)48/h1,6,9,11,15,18-20,42,45H,2-5,7-8,10,12-14,36-38H2,(H2,39,46)(H2,40,47)(H2,41,48)/t18-,19-,20-/m0/s1. The molecule has 3 aromatic heterocycles. The van der Waals surface area contributed by atoms with Crippen molar-refractivity contribution in [2.45, 2.75) is 82.3 Å². The molecular formula is C35H42N10O6. The molecular weight excluding hydrogens is 656 g/mol. The third-order valence-electron chi connectivity index (χ3n) is 9.01. The predicted molar refractivity (Wildman–Crippen MR) is 188 cm³/mol. The monoisotopic (exact) mass is 698 g/mol. The van der Waals surface area contributed by atoms with Crippen LogP contribution in [-0.2, 0) is 40.1 Å². The highest BCUT2D eigenvalue weighted by Crippen LogP contribution is 2.27. The number of aromatic amines is 2. The summed E-state index contributed by atoms with van der Waals surface area (Å²) in [4.78, 5) is 92.4. The van der Waals surface area contributed by atoms with Crippen LogP contribution >= 0.6 is 0 Å². The van der Waals surface area contributed by atoms with E-state index in [2.05, 4.69) is 9.97 Å². The molecule has 16 nitrogen and oxygen atoms in total. The number of nitrogens with zero attached hydrogens (tertiary/aromatic N) is 2. The number of H-pyrrole nitrogens is 2. The summed E-state index contributed by atoms with van der Waals surface area (Å²) in [7, 11) is 0. The first-order chi connectivity index (χ1) is 24.2. The molecule has 3 atom stereocenters. The van der Waals surface area contributed by atoms with Crippen LogP contribution in [0.1, 0.15) is 92.4 Å². The molecule has 0 aliphatic carbocycles. The van der Waals surface area contributed by atoms with E-state index < -0.39 is 53.2 Å². The third-order valence-corrected chi connectivity index (χ3v) is 9.01. The Kier molecular flexibility index (Phi) is 11.2. The molecule has 5 heterocycles. The van der Waals surface area contributed by atoms with Crippen LogP contribution in [-0.4, -0.2) is 73.1 Å². The van der Waals surface area contributed by atoms with Crippen LogP contribution in [0.5, 0.6) is 0 Å². The van der Waals surface area contributed by atoms with Crippen LogP contribution in [0.25, 0.3) is 22.1 Å². The maximum atomic E-state index is 14.1. The van der Waals surface area contributed by atoms with Crippen LogP contribution < -0.4 is 34.4 Å². The van der Waals surface area contributed by atoms with Crippen molar-refractivity contribution in [3.8, 4) is 0 Å². The van der Waals surface area contributed by atoms with Gasteiger partial charge < -0.3 is 44.4 Å². The van der Waals surface area contributed by atoms with E-state index in [-0.39, 0.29) is 73.6 Å². The number of ketones is 3. The molecule has 14 N–H and O–H groups in total. The Bertz CT molecular complexity index is 2050. The van der Waals surface area contributed by atoms with Crippen LogP contribution in [0.3, 0.4) is 0 Å². The fourth-order valence-electron chi connectivity index (χ4n) is 6.33. The van der Waals surface area contributed by atoms with Crippen molar-refractivity contribution in [3.63, 3.8) is 0 Å². The average Bonchev–Trinajstić information content (AvgIpc) is 3.91. The number of fused-ring (bicyclic) bond motifs is 8. The molecule has 2 aliphatic heterocycles. The minimum atomic E-state index is -1.13. The van der Waals surface area contributed by atoms with Crippen molar-refractivity contribution in [3.05, 3.63) is 69.8 Å². The second-order valence-corrected chi connectivity index (χ2v) is 12.9. The zero-order valence-electron chi connectivity index (χ0n) is 28.0. The number of carbonyl (C=O) groups excluding carboxylic acids is 6. The number of nitrogens with one attached hydrogen (secondary N) is 2. The number of amides is 3. The fourth-order valence-corrected chi connectivity index (χ4v) is 6.33. The summed E-state index contributed by atoms with van der Waals surface area (Å²) in [6, 6.07) is 5.28. The van der Waals surface area contributed by atoms with Crippen molar-refractivity contribution >= 4 is 57.1 Å². The average molecular weight is 699 g/mol. The van der Waals surface area contributed by atoms with Gasteiger partial charge in [-0.05, 0) is 75.3 Å². The minimum absolute atomic E-state index is 0.0240. The molecule has 0 unspecified atom stereocenters. The first-order valence-corrected chi connectivity index (χ1v) is 16.7. The van der Waals surface area contributed by atoms with Gasteiger partial charge in [-0.3, -0.25) is 38.7 Å². The van der Waals surface area contributed by atoms with Gasteiger partial charge in [0.1, 0.15) is 0 Å². The van der Waals surface area contributed by atoms with Gasteiger partial charge in [0.05, 0.1) is 68.4 Å². The third kappa shape index (κ3) is 8.42. The van der Waals surface area contributed by atoms with E-state index in [4.69, 9.17) is 44.4 Å². The molecule has 2 aliphatic rings. The van der Waals surface area contributed by atoms with Gasteiger partial charge in [0.25, 0.3) is 0 Å². The lowest BCUT2D eigenvalue weighted by Gasteiger charge is -2.12. The first-order valence-electron chi connectivity index (χ1n) is 16.7. The lowest BCUT2D eigenvalue weighted by atomic mass is 9.97. The topological polar surface area (TPSA) is 316 Å². The van der Waals surface area contributed by atoms with Gasteiger partial charge in [0.15, 0.2) is 17.3 Å². The number of hydrogen-bond acceptors (Lipinski definition) is 11. The number of aryl methyl sites for hydroxylation is 4. The second kappa shape index (κ2) is 15.5. The van der Waals surface area contributed by atoms with Crippen LogP contribution in [0.2, 0.25) is 0 Å². The van der Waals surface area contributed by atoms with Gasteiger partial charge >= 0.3 is 0 Å². The molecule has 0 aromatic carbocycles. The van der Waals surface area contributed by atoms with Crippen LogP contribution in [0.4, 0.5) is 0 Å². The van der Waals surface area contributed by atoms with Crippen LogP contribution in [0, 0.1) is 0 Å². The quantitative estimate of drug-likeness (QED) is 0.0992. The molecule has 8 bridgehead atoms. The molecule has 0 spiro atoms. The first kappa shape index (κ1) is 36.7. The zero-order chi connectivity index (χ0) is 37.0. The zero-order valence-corrected chi connectivity index (χ0v) is 28.0. The Labute approximate surface area is 292 Å². The number of hydrogen-bond donors (Lipinski definition) is 8. The highest BCUT2D eigenvalue weighted by molar-refractivity contribution is 6.10. The highest BCUT2D eigenvalue weighted by atomic mass is 16.2. The van der Waals surface area contributed by atoms with Gasteiger partial charge in [-0.2, -0.15) is 0 Å². The molecule has 268 valence electrons. The summed E-state index contributed by atoms with van der Waals surface area (Å²) in [5.74, 6) is -3.26. The lowest BCUT2D eigenvalue weighted by Crippen LogP contribution is -2.33. The fraction of sp³-hybridized carbons (Fsp3) is 0.371. The van der Waals surface area contributed by atoms with E-state index in [0.717, 1.165) is 0 Å². The van der Waals surface area contributed by atoms with Gasteiger partial charge in [0.2, 0.25) is 17.7 Å². The molecule has 16 heteroatoms. The van der Waals surface area contributed by atoms with E-state index in [1.54, 1.807) is 30.3 Å². The smallest absolute Gasteiger partial charge is 0.217 e. The SMILES string of the molecule is NC(=O)CC[C@H](N)C(=O)c1c2nc(c(C(=O)[C@@H](N)CCC(N)=O)c3ccc([nH]3)c(C(=O)[C@@H](N)CCC(N)=O)c3nc(cc4ccc1[nH]4)CC3)CC2. The molecule has 0 saturated heterocycles. The van der Waals surface area contributed by atoms with Gasteiger partial charge in [-0.25, -0.2) is 0 Å². The summed E-state index contributed by atoms with van der Waals surface area (Å²) in [6.45, 7) is 0. The Morgan fingerprint density at radius 2 is 0.922 bits per heavy atom.